The number of unbranched alkanes of at least 4 members (excludes halogenated alkanes) is 18. The maximum absolute atomic E-state index is 10.3. The number of allylic oxidation sites excluding steroid dienone is 8. The minimum Gasteiger partial charge on any atom is -0.393 e. The van der Waals surface area contributed by atoms with Crippen molar-refractivity contribution in [3.8, 4) is 0 Å². The van der Waals surface area contributed by atoms with Gasteiger partial charge in [-0.15, -0.1) is 0 Å². The molecule has 0 radical (unpaired) electrons. The van der Waals surface area contributed by atoms with Crippen LogP contribution in [-0.2, 0) is 0 Å². The van der Waals surface area contributed by atoms with Gasteiger partial charge >= 0.3 is 0 Å². The second-order valence-corrected chi connectivity index (χ2v) is 11.4. The summed E-state index contributed by atoms with van der Waals surface area (Å²) in [5.74, 6) is 0. The summed E-state index contributed by atoms with van der Waals surface area (Å²) >= 11 is 0. The highest BCUT2D eigenvalue weighted by Gasteiger charge is 2.03. The van der Waals surface area contributed by atoms with Crippen LogP contribution in [0.3, 0.4) is 0 Å². The molecular weight excluding hydrogens is 460 g/mol. The van der Waals surface area contributed by atoms with Gasteiger partial charge in [-0.2, -0.15) is 0 Å². The smallest absolute Gasteiger partial charge is 0.0540 e. The Morgan fingerprint density at radius 3 is 1.00 bits per heavy atom. The van der Waals surface area contributed by atoms with Gasteiger partial charge in [0.2, 0.25) is 0 Å². The zero-order valence-corrected chi connectivity index (χ0v) is 26.0. The van der Waals surface area contributed by atoms with Crippen molar-refractivity contribution < 1.29 is 5.11 Å². The number of hydrogen-bond acceptors (Lipinski definition) is 1. The van der Waals surface area contributed by atoms with Gasteiger partial charge in [0.15, 0.2) is 0 Å². The Morgan fingerprint density at radius 1 is 0.368 bits per heavy atom. The number of rotatable bonds is 30. The van der Waals surface area contributed by atoms with Crippen molar-refractivity contribution >= 4 is 0 Å². The SMILES string of the molecule is CCCCC/C=C\C/C=C\CCCCCCCCC(O)CCCCCCCC/C=C\C/C=C/CCCCC. The minimum atomic E-state index is -0.0633. The number of aliphatic hydroxyl groups is 1. The molecule has 0 aliphatic rings. The first kappa shape index (κ1) is 36.9. The maximum Gasteiger partial charge on any atom is 0.0540 e. The highest BCUT2D eigenvalue weighted by atomic mass is 16.3. The van der Waals surface area contributed by atoms with Crippen molar-refractivity contribution in [1.29, 1.82) is 0 Å². The average molecular weight is 529 g/mol. The van der Waals surface area contributed by atoms with Gasteiger partial charge in [-0.3, -0.25) is 0 Å². The third-order valence-corrected chi connectivity index (χ3v) is 7.48. The fourth-order valence-electron chi connectivity index (χ4n) is 4.88. The number of hydrogen-bond donors (Lipinski definition) is 1. The maximum atomic E-state index is 10.3. The lowest BCUT2D eigenvalue weighted by molar-refractivity contribution is 0.147. The summed E-state index contributed by atoms with van der Waals surface area (Å²) in [4.78, 5) is 0. The fraction of sp³-hybridized carbons (Fsp3) is 0.784. The molecule has 0 aromatic carbocycles. The first-order chi connectivity index (χ1) is 18.8. The molecule has 0 rings (SSSR count). The molecule has 0 amide bonds. The van der Waals surface area contributed by atoms with Gasteiger partial charge in [0.25, 0.3) is 0 Å². The summed E-state index contributed by atoms with van der Waals surface area (Å²) in [6.45, 7) is 4.52. The molecule has 0 aliphatic carbocycles. The first-order valence-corrected chi connectivity index (χ1v) is 17.1. The van der Waals surface area contributed by atoms with E-state index in [1.54, 1.807) is 0 Å². The van der Waals surface area contributed by atoms with Crippen LogP contribution >= 0.6 is 0 Å². The summed E-state index contributed by atoms with van der Waals surface area (Å²) in [5.41, 5.74) is 0. The standard InChI is InChI=1S/C37H68O/c1-3-5-7-9-11-13-15-17-19-21-23-25-27-29-31-33-35-37(38)36-34-32-30-28-26-24-22-20-18-16-14-12-10-8-6-4-2/h11-14,17-20,37-38H,3-10,15-16,21-36H2,1-2H3/b13-11-,14-12+,19-17-,20-18-. The van der Waals surface area contributed by atoms with Crippen molar-refractivity contribution in [3.05, 3.63) is 48.6 Å². The lowest BCUT2D eigenvalue weighted by atomic mass is 10.0. The topological polar surface area (TPSA) is 20.2 Å². The molecule has 0 spiro atoms. The van der Waals surface area contributed by atoms with Gasteiger partial charge in [-0.05, 0) is 77.0 Å². The Bertz CT molecular complexity index is 493. The van der Waals surface area contributed by atoms with E-state index in [1.165, 1.54) is 141 Å². The Balaban J connectivity index is 3.29. The molecular formula is C37H68O. The van der Waals surface area contributed by atoms with E-state index in [1.807, 2.05) is 0 Å². The molecule has 0 bridgehead atoms. The normalized spacial score (nSPS) is 13.2. The molecule has 38 heavy (non-hydrogen) atoms. The summed E-state index contributed by atoms with van der Waals surface area (Å²) in [6.07, 6.45) is 51.6. The van der Waals surface area contributed by atoms with Crippen LogP contribution in [0.1, 0.15) is 181 Å². The average Bonchev–Trinajstić information content (AvgIpc) is 2.92. The van der Waals surface area contributed by atoms with E-state index in [4.69, 9.17) is 0 Å². The quantitative estimate of drug-likeness (QED) is 0.0726. The van der Waals surface area contributed by atoms with E-state index < -0.39 is 0 Å². The third-order valence-electron chi connectivity index (χ3n) is 7.48. The summed E-state index contributed by atoms with van der Waals surface area (Å²) in [7, 11) is 0. The van der Waals surface area contributed by atoms with Gasteiger partial charge in [0.05, 0.1) is 6.10 Å². The van der Waals surface area contributed by atoms with Gasteiger partial charge in [0.1, 0.15) is 0 Å². The Labute approximate surface area is 240 Å². The highest BCUT2D eigenvalue weighted by Crippen LogP contribution is 2.15. The summed E-state index contributed by atoms with van der Waals surface area (Å²) in [6, 6.07) is 0. The summed E-state index contributed by atoms with van der Waals surface area (Å²) < 4.78 is 0. The van der Waals surface area contributed by atoms with Crippen LogP contribution < -0.4 is 0 Å². The van der Waals surface area contributed by atoms with Crippen LogP contribution in [0, 0.1) is 0 Å². The highest BCUT2D eigenvalue weighted by molar-refractivity contribution is 4.93. The van der Waals surface area contributed by atoms with Crippen molar-refractivity contribution in [3.63, 3.8) is 0 Å². The fourth-order valence-corrected chi connectivity index (χ4v) is 4.88. The van der Waals surface area contributed by atoms with Crippen molar-refractivity contribution in [1.82, 2.24) is 0 Å². The van der Waals surface area contributed by atoms with Crippen LogP contribution in [0.25, 0.3) is 0 Å². The lowest BCUT2D eigenvalue weighted by Crippen LogP contribution is -2.05. The molecule has 1 N–H and O–H groups in total. The van der Waals surface area contributed by atoms with Crippen LogP contribution in [0.4, 0.5) is 0 Å². The predicted octanol–water partition coefficient (Wildman–Crippen LogP) is 12.8. The molecule has 1 heteroatoms. The largest absolute Gasteiger partial charge is 0.393 e. The number of aliphatic hydroxyl groups excluding tert-OH is 1. The molecule has 0 saturated heterocycles. The third kappa shape index (κ3) is 32.9. The molecule has 0 heterocycles. The molecule has 0 aliphatic heterocycles. The summed E-state index contributed by atoms with van der Waals surface area (Å²) in [5, 5.41) is 10.3. The van der Waals surface area contributed by atoms with E-state index in [9.17, 15) is 5.11 Å². The van der Waals surface area contributed by atoms with Gasteiger partial charge in [0, 0.05) is 0 Å². The monoisotopic (exact) mass is 529 g/mol. The lowest BCUT2D eigenvalue weighted by Gasteiger charge is -2.10. The van der Waals surface area contributed by atoms with Crippen LogP contribution in [0.15, 0.2) is 48.6 Å². The Hall–Kier alpha value is -1.08. The zero-order valence-electron chi connectivity index (χ0n) is 26.0. The zero-order chi connectivity index (χ0) is 27.6. The predicted molar refractivity (Wildman–Crippen MR) is 174 cm³/mol. The molecule has 0 aromatic rings. The van der Waals surface area contributed by atoms with Crippen molar-refractivity contribution in [2.45, 2.75) is 187 Å². The van der Waals surface area contributed by atoms with Crippen molar-refractivity contribution in [2.24, 2.45) is 0 Å². The Kier molecular flexibility index (Phi) is 33.0. The van der Waals surface area contributed by atoms with Crippen LogP contribution in [0.2, 0.25) is 0 Å². The second kappa shape index (κ2) is 33.9. The minimum absolute atomic E-state index is 0.0633. The molecule has 0 saturated carbocycles. The molecule has 1 unspecified atom stereocenters. The second-order valence-electron chi connectivity index (χ2n) is 11.4. The van der Waals surface area contributed by atoms with E-state index in [0.717, 1.165) is 25.7 Å². The van der Waals surface area contributed by atoms with E-state index >= 15 is 0 Å². The van der Waals surface area contributed by atoms with Crippen LogP contribution in [0.5, 0.6) is 0 Å². The molecule has 0 aromatic heterocycles. The Morgan fingerprint density at radius 2 is 0.658 bits per heavy atom. The van der Waals surface area contributed by atoms with E-state index in [2.05, 4.69) is 62.5 Å². The van der Waals surface area contributed by atoms with Gasteiger partial charge in [-0.25, -0.2) is 0 Å². The molecule has 1 atom stereocenters. The molecule has 1 nitrogen and oxygen atoms in total. The van der Waals surface area contributed by atoms with Crippen LogP contribution in [-0.4, -0.2) is 11.2 Å². The molecule has 0 fully saturated rings. The van der Waals surface area contributed by atoms with E-state index in [0.29, 0.717) is 0 Å². The molecule has 222 valence electrons. The van der Waals surface area contributed by atoms with Gasteiger partial charge < -0.3 is 5.11 Å². The van der Waals surface area contributed by atoms with Crippen molar-refractivity contribution in [2.75, 3.05) is 0 Å². The van der Waals surface area contributed by atoms with Gasteiger partial charge in [-0.1, -0.05) is 152 Å². The van der Waals surface area contributed by atoms with E-state index in [-0.39, 0.29) is 6.10 Å². The first-order valence-electron chi connectivity index (χ1n) is 17.1.